The van der Waals surface area contributed by atoms with Gasteiger partial charge in [-0.2, -0.15) is 0 Å². The van der Waals surface area contributed by atoms with Crippen LogP contribution in [0.2, 0.25) is 0 Å². The molecule has 78 valence electrons. The highest BCUT2D eigenvalue weighted by atomic mass is 14.7. The minimum absolute atomic E-state index is 0.934. The van der Waals surface area contributed by atoms with E-state index in [0.29, 0.717) is 0 Å². The van der Waals surface area contributed by atoms with Crippen LogP contribution in [-0.4, -0.2) is 9.97 Å². The zero-order chi connectivity index (χ0) is 10.8. The number of aromatic amines is 1. The molecular formula is C14H12N2. The number of pyridine rings is 1. The Morgan fingerprint density at radius 3 is 2.94 bits per heavy atom. The van der Waals surface area contributed by atoms with Crippen LogP contribution in [-0.2, 0) is 6.42 Å². The molecule has 3 rings (SSSR count). The molecule has 0 bridgehead atoms. The van der Waals surface area contributed by atoms with Crippen LogP contribution in [0.3, 0.4) is 0 Å². The highest BCUT2D eigenvalue weighted by Crippen LogP contribution is 2.19. The Bertz CT molecular complexity index is 596. The van der Waals surface area contributed by atoms with Gasteiger partial charge in [0, 0.05) is 29.5 Å². The molecule has 2 nitrogen and oxygen atoms in total. The molecule has 2 heterocycles. The fraction of sp³-hybridized carbons (Fsp3) is 0.0714. The van der Waals surface area contributed by atoms with Gasteiger partial charge in [-0.05, 0) is 35.7 Å². The van der Waals surface area contributed by atoms with Crippen LogP contribution >= 0.6 is 0 Å². The molecule has 3 aromatic rings. The number of nitrogens with zero attached hydrogens (tertiary/aromatic N) is 1. The minimum atomic E-state index is 0.934. The zero-order valence-corrected chi connectivity index (χ0v) is 8.85. The maximum atomic E-state index is 4.14. The lowest BCUT2D eigenvalue weighted by atomic mass is 10.0. The van der Waals surface area contributed by atoms with Gasteiger partial charge in [-0.25, -0.2) is 0 Å². The number of rotatable bonds is 2. The fourth-order valence-electron chi connectivity index (χ4n) is 2.03. The minimum Gasteiger partial charge on any atom is -0.361 e. The van der Waals surface area contributed by atoms with Crippen LogP contribution in [0.1, 0.15) is 11.1 Å². The summed E-state index contributed by atoms with van der Waals surface area (Å²) < 4.78 is 0. The van der Waals surface area contributed by atoms with Gasteiger partial charge in [-0.15, -0.1) is 0 Å². The predicted molar refractivity (Wildman–Crippen MR) is 65.3 cm³/mol. The van der Waals surface area contributed by atoms with Gasteiger partial charge in [-0.1, -0.05) is 18.2 Å². The first-order chi connectivity index (χ1) is 7.93. The zero-order valence-electron chi connectivity index (χ0n) is 8.85. The average molecular weight is 208 g/mol. The Morgan fingerprint density at radius 2 is 2.06 bits per heavy atom. The highest BCUT2D eigenvalue weighted by molar-refractivity contribution is 5.83. The van der Waals surface area contributed by atoms with Crippen LogP contribution in [0.5, 0.6) is 0 Å². The Kier molecular flexibility index (Phi) is 2.18. The van der Waals surface area contributed by atoms with Gasteiger partial charge >= 0.3 is 0 Å². The molecule has 2 aromatic heterocycles. The molecule has 0 unspecified atom stereocenters. The fourth-order valence-corrected chi connectivity index (χ4v) is 2.03. The highest BCUT2D eigenvalue weighted by Gasteiger charge is 2.02. The number of hydrogen-bond acceptors (Lipinski definition) is 1. The summed E-state index contributed by atoms with van der Waals surface area (Å²) in [5.41, 5.74) is 3.78. The number of nitrogens with one attached hydrogen (secondary N) is 1. The second kappa shape index (κ2) is 3.81. The van der Waals surface area contributed by atoms with Crippen molar-refractivity contribution in [2.45, 2.75) is 6.42 Å². The van der Waals surface area contributed by atoms with Gasteiger partial charge in [0.05, 0.1) is 0 Å². The number of hydrogen-bond donors (Lipinski definition) is 1. The first-order valence-corrected chi connectivity index (χ1v) is 5.37. The van der Waals surface area contributed by atoms with E-state index in [9.17, 15) is 0 Å². The summed E-state index contributed by atoms with van der Waals surface area (Å²) in [6.45, 7) is 0. The SMILES string of the molecule is c1cncc(Cc2cccc3[nH]ccc23)c1. The van der Waals surface area contributed by atoms with E-state index in [1.165, 1.54) is 22.0 Å². The van der Waals surface area contributed by atoms with E-state index >= 15 is 0 Å². The lowest BCUT2D eigenvalue weighted by Gasteiger charge is -2.03. The standard InChI is InChI=1S/C14H12N2/c1-4-12(9-11-3-2-7-15-10-11)13-6-8-16-14(13)5-1/h1-8,10,16H,9H2. The van der Waals surface area contributed by atoms with Crippen LogP contribution in [0.15, 0.2) is 55.0 Å². The van der Waals surface area contributed by atoms with Crippen molar-refractivity contribution in [1.82, 2.24) is 9.97 Å². The summed E-state index contributed by atoms with van der Waals surface area (Å²) in [6, 6.07) is 12.6. The van der Waals surface area contributed by atoms with E-state index in [1.807, 2.05) is 18.5 Å². The number of aromatic nitrogens is 2. The summed E-state index contributed by atoms with van der Waals surface area (Å²) in [4.78, 5) is 7.37. The second-order valence-corrected chi connectivity index (χ2v) is 3.89. The van der Waals surface area contributed by atoms with Gasteiger partial charge in [0.1, 0.15) is 0 Å². The molecule has 1 aromatic carbocycles. The van der Waals surface area contributed by atoms with Crippen LogP contribution in [0.4, 0.5) is 0 Å². The molecule has 0 radical (unpaired) electrons. The van der Waals surface area contributed by atoms with E-state index in [4.69, 9.17) is 0 Å². The van der Waals surface area contributed by atoms with Gasteiger partial charge < -0.3 is 4.98 Å². The Labute approximate surface area is 94.0 Å². The Morgan fingerprint density at radius 1 is 1.06 bits per heavy atom. The molecule has 1 N–H and O–H groups in total. The molecule has 0 spiro atoms. The normalized spacial score (nSPS) is 10.8. The van der Waals surface area contributed by atoms with Crippen LogP contribution < -0.4 is 0 Å². The molecule has 16 heavy (non-hydrogen) atoms. The third-order valence-corrected chi connectivity index (χ3v) is 2.80. The summed E-state index contributed by atoms with van der Waals surface area (Å²) in [6.07, 6.45) is 6.65. The summed E-state index contributed by atoms with van der Waals surface area (Å²) >= 11 is 0. The molecule has 2 heteroatoms. The van der Waals surface area contributed by atoms with Gasteiger partial charge in [0.2, 0.25) is 0 Å². The van der Waals surface area contributed by atoms with Gasteiger partial charge in [0.25, 0.3) is 0 Å². The number of fused-ring (bicyclic) bond motifs is 1. The molecule has 0 aliphatic rings. The number of benzene rings is 1. The van der Waals surface area contributed by atoms with Crippen molar-refractivity contribution in [3.63, 3.8) is 0 Å². The molecule has 0 aliphatic carbocycles. The van der Waals surface area contributed by atoms with Gasteiger partial charge in [-0.3, -0.25) is 4.98 Å². The van der Waals surface area contributed by atoms with E-state index in [1.54, 1.807) is 6.20 Å². The van der Waals surface area contributed by atoms with Crippen molar-refractivity contribution in [1.29, 1.82) is 0 Å². The largest absolute Gasteiger partial charge is 0.361 e. The molecule has 0 fully saturated rings. The predicted octanol–water partition coefficient (Wildman–Crippen LogP) is 3.15. The molecular weight excluding hydrogens is 196 g/mol. The Hall–Kier alpha value is -2.09. The van der Waals surface area contributed by atoms with Crippen LogP contribution in [0, 0.1) is 0 Å². The Balaban J connectivity index is 2.04. The molecule has 0 atom stereocenters. The van der Waals surface area contributed by atoms with E-state index in [-0.39, 0.29) is 0 Å². The van der Waals surface area contributed by atoms with Crippen molar-refractivity contribution in [3.05, 3.63) is 66.1 Å². The van der Waals surface area contributed by atoms with Gasteiger partial charge in [0.15, 0.2) is 0 Å². The van der Waals surface area contributed by atoms with Crippen molar-refractivity contribution >= 4 is 10.9 Å². The van der Waals surface area contributed by atoms with E-state index < -0.39 is 0 Å². The third-order valence-electron chi connectivity index (χ3n) is 2.80. The van der Waals surface area contributed by atoms with Crippen molar-refractivity contribution in [3.8, 4) is 0 Å². The van der Waals surface area contributed by atoms with E-state index in [2.05, 4.69) is 40.3 Å². The molecule has 0 saturated heterocycles. The third kappa shape index (κ3) is 1.58. The number of H-pyrrole nitrogens is 1. The lowest BCUT2D eigenvalue weighted by Crippen LogP contribution is -1.89. The quantitative estimate of drug-likeness (QED) is 0.688. The maximum Gasteiger partial charge on any atom is 0.0456 e. The van der Waals surface area contributed by atoms with Crippen molar-refractivity contribution < 1.29 is 0 Å². The lowest BCUT2D eigenvalue weighted by molar-refractivity contribution is 1.16. The van der Waals surface area contributed by atoms with Crippen molar-refractivity contribution in [2.24, 2.45) is 0 Å². The second-order valence-electron chi connectivity index (χ2n) is 3.89. The van der Waals surface area contributed by atoms with E-state index in [0.717, 1.165) is 6.42 Å². The summed E-state index contributed by atoms with van der Waals surface area (Å²) in [7, 11) is 0. The first-order valence-electron chi connectivity index (χ1n) is 5.37. The monoisotopic (exact) mass is 208 g/mol. The topological polar surface area (TPSA) is 28.7 Å². The average Bonchev–Trinajstić information content (AvgIpc) is 2.80. The maximum absolute atomic E-state index is 4.14. The molecule has 0 aliphatic heterocycles. The smallest absolute Gasteiger partial charge is 0.0456 e. The van der Waals surface area contributed by atoms with Crippen molar-refractivity contribution in [2.75, 3.05) is 0 Å². The van der Waals surface area contributed by atoms with Crippen LogP contribution in [0.25, 0.3) is 10.9 Å². The molecule has 0 saturated carbocycles. The summed E-state index contributed by atoms with van der Waals surface area (Å²) in [5.74, 6) is 0. The molecule has 0 amide bonds. The first kappa shape index (κ1) is 9.16. The summed E-state index contributed by atoms with van der Waals surface area (Å²) in [5, 5.41) is 1.30.